The minimum Gasteiger partial charge on any atom is -0.351 e. The molecule has 0 aliphatic rings. The average Bonchev–Trinajstić information content (AvgIpc) is 3.17. The van der Waals surface area contributed by atoms with E-state index in [2.05, 4.69) is 11.4 Å². The number of fused-ring (bicyclic) bond motifs is 3. The van der Waals surface area contributed by atoms with Crippen molar-refractivity contribution in [1.29, 1.82) is 5.26 Å². The molecule has 0 aliphatic carbocycles. The molecule has 2 aromatic heterocycles. The van der Waals surface area contributed by atoms with Crippen LogP contribution >= 0.6 is 11.8 Å². The van der Waals surface area contributed by atoms with Crippen molar-refractivity contribution in [1.82, 2.24) is 14.7 Å². The number of para-hydroxylation sites is 2. The molecular formula is C24H22N4OS. The van der Waals surface area contributed by atoms with E-state index in [4.69, 9.17) is 4.98 Å². The van der Waals surface area contributed by atoms with E-state index >= 15 is 0 Å². The van der Waals surface area contributed by atoms with E-state index < -0.39 is 0 Å². The van der Waals surface area contributed by atoms with Crippen molar-refractivity contribution in [2.45, 2.75) is 37.1 Å². The van der Waals surface area contributed by atoms with E-state index in [0.29, 0.717) is 17.8 Å². The van der Waals surface area contributed by atoms with Gasteiger partial charge in [-0.3, -0.25) is 9.20 Å². The normalized spacial score (nSPS) is 12.0. The van der Waals surface area contributed by atoms with E-state index in [1.54, 1.807) is 0 Å². The van der Waals surface area contributed by atoms with Gasteiger partial charge in [-0.1, -0.05) is 61.2 Å². The summed E-state index contributed by atoms with van der Waals surface area (Å²) in [5.41, 5.74) is 5.03. The van der Waals surface area contributed by atoms with E-state index in [9.17, 15) is 10.1 Å². The van der Waals surface area contributed by atoms with Crippen LogP contribution in [0.25, 0.3) is 16.7 Å². The van der Waals surface area contributed by atoms with Gasteiger partial charge in [-0.25, -0.2) is 4.98 Å². The molecule has 1 amide bonds. The fourth-order valence-electron chi connectivity index (χ4n) is 3.50. The molecule has 4 aromatic rings. The lowest BCUT2D eigenvalue weighted by atomic mass is 10.1. The number of nitrogens with zero attached hydrogens (tertiary/aromatic N) is 3. The van der Waals surface area contributed by atoms with Gasteiger partial charge in [0, 0.05) is 6.54 Å². The molecule has 2 heterocycles. The van der Waals surface area contributed by atoms with Gasteiger partial charge in [0.15, 0.2) is 5.65 Å². The van der Waals surface area contributed by atoms with Crippen LogP contribution in [0.15, 0.2) is 65.7 Å². The summed E-state index contributed by atoms with van der Waals surface area (Å²) < 4.78 is 2.00. The fourth-order valence-corrected chi connectivity index (χ4v) is 4.55. The van der Waals surface area contributed by atoms with Crippen molar-refractivity contribution in [3.8, 4) is 6.07 Å². The highest BCUT2D eigenvalue weighted by Crippen LogP contribution is 2.32. The molecule has 1 N–H and O–H groups in total. The number of carbonyl (C=O) groups excluding carboxylic acids is 1. The van der Waals surface area contributed by atoms with Crippen LogP contribution in [0.1, 0.15) is 30.5 Å². The van der Waals surface area contributed by atoms with Crippen LogP contribution in [-0.4, -0.2) is 20.5 Å². The largest absolute Gasteiger partial charge is 0.351 e. The second-order valence-electron chi connectivity index (χ2n) is 7.07. The highest BCUT2D eigenvalue weighted by atomic mass is 32.2. The summed E-state index contributed by atoms with van der Waals surface area (Å²) in [5.74, 6) is -0.0242. The van der Waals surface area contributed by atoms with Gasteiger partial charge < -0.3 is 5.32 Å². The molecule has 0 bridgehead atoms. The van der Waals surface area contributed by atoms with Gasteiger partial charge >= 0.3 is 0 Å². The minimum atomic E-state index is -0.296. The first-order valence-electron chi connectivity index (χ1n) is 9.93. The number of carbonyl (C=O) groups is 1. The number of thioether (sulfide) groups is 1. The first-order chi connectivity index (χ1) is 14.6. The van der Waals surface area contributed by atoms with Crippen molar-refractivity contribution in [2.75, 3.05) is 0 Å². The van der Waals surface area contributed by atoms with Crippen molar-refractivity contribution >= 4 is 34.3 Å². The molecule has 0 spiro atoms. The molecule has 150 valence electrons. The fraction of sp³-hybridized carbons (Fsp3) is 0.208. The predicted octanol–water partition coefficient (Wildman–Crippen LogP) is 4.72. The number of rotatable bonds is 6. The molecule has 1 atom stereocenters. The topological polar surface area (TPSA) is 70.2 Å². The number of aryl methyl sites for hydroxylation is 1. The zero-order valence-electron chi connectivity index (χ0n) is 16.9. The number of aromatic nitrogens is 2. The summed E-state index contributed by atoms with van der Waals surface area (Å²) in [4.78, 5) is 17.4. The Hall–Kier alpha value is -3.30. The van der Waals surface area contributed by atoms with Gasteiger partial charge in [0.05, 0.1) is 26.9 Å². The molecular weight excluding hydrogens is 392 g/mol. The highest BCUT2D eigenvalue weighted by molar-refractivity contribution is 8.00. The Kier molecular flexibility index (Phi) is 5.73. The van der Waals surface area contributed by atoms with Crippen molar-refractivity contribution in [3.63, 3.8) is 0 Å². The lowest BCUT2D eigenvalue weighted by molar-refractivity contribution is -0.120. The van der Waals surface area contributed by atoms with Gasteiger partial charge in [-0.2, -0.15) is 5.26 Å². The molecule has 30 heavy (non-hydrogen) atoms. The van der Waals surface area contributed by atoms with Crippen LogP contribution in [0.4, 0.5) is 0 Å². The van der Waals surface area contributed by atoms with E-state index in [1.807, 2.05) is 78.9 Å². The average molecular weight is 415 g/mol. The van der Waals surface area contributed by atoms with E-state index in [-0.39, 0.29) is 11.2 Å². The second kappa shape index (κ2) is 8.60. The van der Waals surface area contributed by atoms with Crippen LogP contribution in [0.2, 0.25) is 0 Å². The van der Waals surface area contributed by atoms with Crippen molar-refractivity contribution < 1.29 is 4.79 Å². The summed E-state index contributed by atoms with van der Waals surface area (Å²) in [7, 11) is 0. The standard InChI is InChI=1S/C24H22N4OS/c1-3-18-13-22(30-16(2)24(29)26-15-17-9-5-4-6-10-17)28-21-12-8-7-11-20(21)27-23(28)19(18)14-25/h4-13,16H,3,15H2,1-2H3,(H,26,29)/t16-/m1/s1. The lowest BCUT2D eigenvalue weighted by Crippen LogP contribution is -2.30. The van der Waals surface area contributed by atoms with Crippen molar-refractivity contribution in [3.05, 3.63) is 77.4 Å². The molecule has 0 aliphatic heterocycles. The lowest BCUT2D eigenvalue weighted by Gasteiger charge is -2.15. The molecule has 0 fully saturated rings. The quantitative estimate of drug-likeness (QED) is 0.464. The Labute approximate surface area is 179 Å². The molecule has 0 radical (unpaired) electrons. The Morgan fingerprint density at radius 3 is 2.67 bits per heavy atom. The van der Waals surface area contributed by atoms with Crippen molar-refractivity contribution in [2.24, 2.45) is 0 Å². The smallest absolute Gasteiger partial charge is 0.233 e. The third-order valence-electron chi connectivity index (χ3n) is 5.09. The Morgan fingerprint density at radius 2 is 1.93 bits per heavy atom. The van der Waals surface area contributed by atoms with Gasteiger partial charge in [0.25, 0.3) is 0 Å². The SMILES string of the molecule is CCc1cc(S[C@H](C)C(=O)NCc2ccccc2)n2c(nc3ccccc32)c1C#N. The van der Waals surface area contributed by atoms with Crippen LogP contribution in [0.3, 0.4) is 0 Å². The van der Waals surface area contributed by atoms with Gasteiger partial charge in [0.2, 0.25) is 5.91 Å². The third kappa shape index (κ3) is 3.77. The number of benzene rings is 2. The highest BCUT2D eigenvalue weighted by Gasteiger charge is 2.20. The maximum Gasteiger partial charge on any atom is 0.233 e. The van der Waals surface area contributed by atoms with Gasteiger partial charge in [0.1, 0.15) is 6.07 Å². The van der Waals surface area contributed by atoms with E-state index in [0.717, 1.165) is 33.6 Å². The summed E-state index contributed by atoms with van der Waals surface area (Å²) in [6.07, 6.45) is 0.727. The molecule has 4 rings (SSSR count). The van der Waals surface area contributed by atoms with Crippen LogP contribution in [0.5, 0.6) is 0 Å². The first kappa shape index (κ1) is 20.0. The zero-order chi connectivity index (χ0) is 21.1. The summed E-state index contributed by atoms with van der Waals surface area (Å²) >= 11 is 1.49. The number of pyridine rings is 1. The van der Waals surface area contributed by atoms with Gasteiger partial charge in [-0.05, 0) is 42.7 Å². The number of amides is 1. The zero-order valence-corrected chi connectivity index (χ0v) is 17.7. The molecule has 0 unspecified atom stereocenters. The van der Waals surface area contributed by atoms with Crippen LogP contribution in [-0.2, 0) is 17.8 Å². The van der Waals surface area contributed by atoms with Crippen LogP contribution in [0, 0.1) is 11.3 Å². The second-order valence-corrected chi connectivity index (χ2v) is 8.43. The molecule has 0 saturated carbocycles. The maximum atomic E-state index is 12.7. The number of nitriles is 1. The number of nitrogens with one attached hydrogen (secondary N) is 1. The summed E-state index contributed by atoms with van der Waals surface area (Å²) in [5, 5.41) is 13.4. The molecule has 5 nitrogen and oxygen atoms in total. The number of imidazole rings is 1. The molecule has 6 heteroatoms. The Morgan fingerprint density at radius 1 is 1.20 bits per heavy atom. The van der Waals surface area contributed by atoms with Crippen LogP contribution < -0.4 is 5.32 Å². The maximum absolute atomic E-state index is 12.7. The Bertz CT molecular complexity index is 1260. The summed E-state index contributed by atoms with van der Waals surface area (Å²) in [6, 6.07) is 22.0. The molecule has 0 saturated heterocycles. The third-order valence-corrected chi connectivity index (χ3v) is 6.20. The number of hydrogen-bond acceptors (Lipinski definition) is 4. The minimum absolute atomic E-state index is 0.0242. The monoisotopic (exact) mass is 414 g/mol. The molecule has 2 aromatic carbocycles. The first-order valence-corrected chi connectivity index (χ1v) is 10.8. The van der Waals surface area contributed by atoms with Gasteiger partial charge in [-0.15, -0.1) is 0 Å². The predicted molar refractivity (Wildman–Crippen MR) is 120 cm³/mol. The number of hydrogen-bond donors (Lipinski definition) is 1. The van der Waals surface area contributed by atoms with E-state index in [1.165, 1.54) is 11.8 Å². The summed E-state index contributed by atoms with van der Waals surface area (Å²) in [6.45, 7) is 4.43. The Balaban J connectivity index is 1.68.